The quantitative estimate of drug-likeness (QED) is 0.0792. The Morgan fingerprint density at radius 2 is 1.01 bits per heavy atom. The van der Waals surface area contributed by atoms with Gasteiger partial charge in [-0.15, -0.1) is 0 Å². The van der Waals surface area contributed by atoms with E-state index in [0.717, 1.165) is 6.42 Å². The summed E-state index contributed by atoms with van der Waals surface area (Å²) in [6.45, 7) is 2.13. The van der Waals surface area contributed by atoms with Gasteiger partial charge in [0, 0.05) is 11.8 Å². The Labute approximate surface area is 399 Å². The first-order valence-corrected chi connectivity index (χ1v) is 26.5. The van der Waals surface area contributed by atoms with E-state index in [0.29, 0.717) is 6.42 Å². The van der Waals surface area contributed by atoms with Crippen LogP contribution in [0.1, 0.15) is 28.8 Å². The number of hydrogen-bond donors (Lipinski definition) is 1. The van der Waals surface area contributed by atoms with Crippen molar-refractivity contribution >= 4 is 54.9 Å². The molecular formula is C53H48O10S4. The predicted molar refractivity (Wildman–Crippen MR) is 258 cm³/mol. The fourth-order valence-electron chi connectivity index (χ4n) is 8.14. The second-order valence-electron chi connectivity index (χ2n) is 15.7. The van der Waals surface area contributed by atoms with E-state index >= 15 is 0 Å². The third kappa shape index (κ3) is 13.1. The molecule has 0 aromatic heterocycles. The van der Waals surface area contributed by atoms with Crippen LogP contribution in [-0.4, -0.2) is 57.4 Å². The van der Waals surface area contributed by atoms with Crippen LogP contribution in [0.3, 0.4) is 0 Å². The van der Waals surface area contributed by atoms with Gasteiger partial charge in [-0.2, -0.15) is 0 Å². The lowest BCUT2D eigenvalue weighted by atomic mass is 9.94. The van der Waals surface area contributed by atoms with Gasteiger partial charge in [-0.3, -0.25) is 8.98 Å². The van der Waals surface area contributed by atoms with E-state index < -0.39 is 56.8 Å². The van der Waals surface area contributed by atoms with E-state index in [1.807, 2.05) is 0 Å². The van der Waals surface area contributed by atoms with Gasteiger partial charge < -0.3 is 19.5 Å². The van der Waals surface area contributed by atoms with Crippen LogP contribution in [0.15, 0.2) is 230 Å². The predicted octanol–water partition coefficient (Wildman–Crippen LogP) is 9.25. The summed E-state index contributed by atoms with van der Waals surface area (Å²) in [4.78, 5) is 29.7. The number of fused-ring (bicyclic) bond motifs is 1. The third-order valence-corrected chi connectivity index (χ3v) is 17.6. The van der Waals surface area contributed by atoms with Crippen LogP contribution in [0.4, 0.5) is 0 Å². The third-order valence-electron chi connectivity index (χ3n) is 11.1. The first-order chi connectivity index (χ1) is 32.4. The van der Waals surface area contributed by atoms with E-state index in [2.05, 4.69) is 183 Å². The molecule has 1 saturated heterocycles. The zero-order valence-corrected chi connectivity index (χ0v) is 39.6. The van der Waals surface area contributed by atoms with Crippen molar-refractivity contribution in [3.63, 3.8) is 0 Å². The number of benzene rings is 7. The van der Waals surface area contributed by atoms with E-state index in [4.69, 9.17) is 14.0 Å². The molecule has 0 spiro atoms. The van der Waals surface area contributed by atoms with Crippen molar-refractivity contribution in [3.8, 4) is 5.75 Å². The minimum absolute atomic E-state index is 0.0122. The molecule has 0 radical (unpaired) electrons. The monoisotopic (exact) mass is 972 g/mol. The van der Waals surface area contributed by atoms with Gasteiger partial charge in [0.15, 0.2) is 40.5 Å². The van der Waals surface area contributed by atoms with Crippen LogP contribution < -0.4 is 5.11 Å². The van der Waals surface area contributed by atoms with Crippen LogP contribution in [0, 0.1) is 18.8 Å². The maximum absolute atomic E-state index is 11.6. The van der Waals surface area contributed by atoms with E-state index in [1.165, 1.54) is 59.2 Å². The van der Waals surface area contributed by atoms with Gasteiger partial charge in [-0.05, 0) is 98.6 Å². The van der Waals surface area contributed by atoms with E-state index in [1.54, 1.807) is 0 Å². The summed E-state index contributed by atoms with van der Waals surface area (Å²) >= 11 is -1.34. The average molecular weight is 973 g/mol. The SMILES string of the molecule is Cc1ccc([S+](c2ccccc2)c2ccccc2)cc1.O=C(CS(=O)(=O)[O-])OC1C2CC3C1OS(=O)C3C2.O=C(O)c1ccccc1[O-].c1ccc([S+](c2ccccc2)c2ccccc2)cc1. The Kier molecular flexibility index (Phi) is 16.9. The summed E-state index contributed by atoms with van der Waals surface area (Å²) < 4.78 is 53.2. The summed E-state index contributed by atoms with van der Waals surface area (Å²) in [5.74, 6) is -3.66. The molecule has 10 rings (SSSR count). The Morgan fingerprint density at radius 3 is 1.39 bits per heavy atom. The fourth-order valence-corrected chi connectivity index (χ4v) is 14.2. The second-order valence-corrected chi connectivity index (χ2v) is 22.5. The minimum atomic E-state index is -4.63. The average Bonchev–Trinajstić information content (AvgIpc) is 3.98. The largest absolute Gasteiger partial charge is 0.872 e. The molecule has 2 saturated carbocycles. The standard InChI is InChI=1S/C19H17S.C18H15S.C9H12O7S2.C7H6O3/c1-16-12-14-19(15-13-16)20(17-8-4-2-5-9-17)18-10-6-3-7-11-18;1-4-10-16(11-5-1)19(17-12-6-2-7-13-17)18-14-8-3-9-15-18;10-7(3-18(12,13)14)15-8-4-1-5-6(2-4)17(11)16-9(5)8;8-6-4-2-1-3-5(6)7(9)10/h2-15H,1H3;1-15H;4-6,8-9H,1-3H2,(H,12,13,14);1-4,8H,(H,9,10)/q2*+1;;/p-2. The molecule has 344 valence electrons. The summed E-state index contributed by atoms with van der Waals surface area (Å²) in [7, 11) is -4.67. The maximum Gasteiger partial charge on any atom is 0.335 e. The molecule has 1 aliphatic heterocycles. The number of carboxylic acid groups (broad SMARTS) is 1. The van der Waals surface area contributed by atoms with E-state index in [9.17, 15) is 31.9 Å². The molecule has 0 amide bonds. The maximum atomic E-state index is 11.6. The van der Waals surface area contributed by atoms with Crippen molar-refractivity contribution in [2.45, 2.75) is 66.6 Å². The zero-order chi connectivity index (χ0) is 47.3. The Morgan fingerprint density at radius 1 is 0.627 bits per heavy atom. The smallest absolute Gasteiger partial charge is 0.335 e. The Bertz CT molecular complexity index is 2690. The van der Waals surface area contributed by atoms with E-state index in [-0.39, 0.29) is 44.4 Å². The normalized spacial score (nSPS) is 19.8. The van der Waals surface area contributed by atoms with Crippen molar-refractivity contribution in [3.05, 3.63) is 211 Å². The lowest BCUT2D eigenvalue weighted by Gasteiger charge is -2.25. The lowest BCUT2D eigenvalue weighted by molar-refractivity contribution is -0.268. The zero-order valence-electron chi connectivity index (χ0n) is 36.3. The molecule has 14 heteroatoms. The van der Waals surface area contributed by atoms with Gasteiger partial charge in [0.25, 0.3) is 0 Å². The van der Waals surface area contributed by atoms with Gasteiger partial charge in [0.2, 0.25) is 0 Å². The number of hydrogen-bond acceptors (Lipinski definition) is 9. The molecule has 3 fully saturated rings. The van der Waals surface area contributed by atoms with Crippen molar-refractivity contribution < 1.29 is 45.9 Å². The summed E-state index contributed by atoms with van der Waals surface area (Å²) in [5.41, 5.74) is 1.13. The highest BCUT2D eigenvalue weighted by Gasteiger charge is 2.62. The number of aryl methyl sites for hydroxylation is 1. The van der Waals surface area contributed by atoms with Gasteiger partial charge in [-0.25, -0.2) is 17.4 Å². The molecule has 10 nitrogen and oxygen atoms in total. The molecule has 7 aromatic carbocycles. The molecule has 2 bridgehead atoms. The summed E-state index contributed by atoms with van der Waals surface area (Å²) in [5, 5.41) is 19.1. The molecule has 2 aliphatic carbocycles. The number of carboxylic acids is 1. The lowest BCUT2D eigenvalue weighted by Crippen LogP contribution is -2.38. The highest BCUT2D eigenvalue weighted by molar-refractivity contribution is 7.97. The molecular weight excluding hydrogens is 925 g/mol. The number of esters is 1. The number of rotatable bonds is 10. The van der Waals surface area contributed by atoms with Crippen molar-refractivity contribution in [2.75, 3.05) is 5.75 Å². The molecule has 1 heterocycles. The van der Waals surface area contributed by atoms with Crippen LogP contribution in [-0.2, 0) is 56.7 Å². The summed E-state index contributed by atoms with van der Waals surface area (Å²) in [6.07, 6.45) is 0.471. The number of ether oxygens (including phenoxy) is 1. The highest BCUT2D eigenvalue weighted by atomic mass is 32.2. The number of aromatic carboxylic acids is 1. The Balaban J connectivity index is 0.000000136. The molecule has 67 heavy (non-hydrogen) atoms. The topological polar surface area (TPSA) is 170 Å². The molecule has 7 aromatic rings. The number of para-hydroxylation sites is 1. The first kappa shape index (κ1) is 48.9. The number of carbonyl (C=O) groups excluding carboxylic acids is 1. The number of carbonyl (C=O) groups is 2. The molecule has 6 atom stereocenters. The van der Waals surface area contributed by atoms with Crippen LogP contribution in [0.2, 0.25) is 0 Å². The van der Waals surface area contributed by atoms with Crippen molar-refractivity contribution in [1.82, 2.24) is 0 Å². The first-order valence-electron chi connectivity index (χ1n) is 21.4. The van der Waals surface area contributed by atoms with Gasteiger partial charge in [-0.1, -0.05) is 133 Å². The van der Waals surface area contributed by atoms with Gasteiger partial charge in [0.1, 0.15) is 28.1 Å². The van der Waals surface area contributed by atoms with Crippen LogP contribution in [0.5, 0.6) is 5.75 Å². The Hall–Kier alpha value is -6.00. The van der Waals surface area contributed by atoms with Crippen LogP contribution in [0.25, 0.3) is 0 Å². The minimum Gasteiger partial charge on any atom is -0.872 e. The second kappa shape index (κ2) is 23.1. The summed E-state index contributed by atoms with van der Waals surface area (Å²) in [6, 6.07) is 68.1. The van der Waals surface area contributed by atoms with Gasteiger partial charge >= 0.3 is 11.9 Å². The highest BCUT2D eigenvalue weighted by Crippen LogP contribution is 2.54. The fraction of sp³-hybridized carbons (Fsp3) is 0.170. The van der Waals surface area contributed by atoms with Crippen LogP contribution >= 0.6 is 0 Å². The van der Waals surface area contributed by atoms with Gasteiger partial charge in [0.05, 0.1) is 32.6 Å². The molecule has 1 N–H and O–H groups in total. The molecule has 3 aliphatic rings. The van der Waals surface area contributed by atoms with Crippen molar-refractivity contribution in [1.29, 1.82) is 0 Å². The molecule has 6 unspecified atom stereocenters. The van der Waals surface area contributed by atoms with Crippen molar-refractivity contribution in [2.24, 2.45) is 11.8 Å².